The van der Waals surface area contributed by atoms with Gasteiger partial charge in [0.1, 0.15) is 23.3 Å². The number of nitrogens with zero attached hydrogens (tertiary/aromatic N) is 4. The van der Waals surface area contributed by atoms with Gasteiger partial charge in [0.05, 0.1) is 6.54 Å². The predicted octanol–water partition coefficient (Wildman–Crippen LogP) is 3.50. The van der Waals surface area contributed by atoms with Crippen molar-refractivity contribution in [2.45, 2.75) is 18.0 Å². The summed E-state index contributed by atoms with van der Waals surface area (Å²) in [6, 6.07) is 9.19. The molecule has 40 heavy (non-hydrogen) atoms. The maximum atomic E-state index is 15.1. The lowest BCUT2D eigenvalue weighted by Gasteiger charge is -2.26. The number of amidine groups is 1. The second kappa shape index (κ2) is 9.99. The smallest absolute Gasteiger partial charge is 0.344 e. The van der Waals surface area contributed by atoms with E-state index in [9.17, 15) is 18.5 Å². The largest absolute Gasteiger partial charge is 0.609 e. The molecule has 10 nitrogen and oxygen atoms in total. The topological polar surface area (TPSA) is 132 Å². The molecule has 1 fully saturated rings. The maximum absolute atomic E-state index is 15.1. The van der Waals surface area contributed by atoms with E-state index in [0.29, 0.717) is 54.6 Å². The monoisotopic (exact) mass is 564 g/mol. The molecule has 2 aliphatic heterocycles. The van der Waals surface area contributed by atoms with Gasteiger partial charge in [-0.2, -0.15) is 9.97 Å². The number of benzene rings is 2. The number of amides is 2. The Morgan fingerprint density at radius 1 is 1.07 bits per heavy atom. The molecule has 1 atom stereocenters. The molecule has 1 aliphatic carbocycles. The van der Waals surface area contributed by atoms with Crippen LogP contribution in [-0.2, 0) is 20.8 Å². The summed E-state index contributed by atoms with van der Waals surface area (Å²) in [7, 11) is 0. The highest BCUT2D eigenvalue weighted by Crippen LogP contribution is 2.47. The highest BCUT2D eigenvalue weighted by atomic mass is 32.2. The molecule has 2 amide bonds. The van der Waals surface area contributed by atoms with E-state index < -0.39 is 40.0 Å². The lowest BCUT2D eigenvalue weighted by atomic mass is 10.0. The number of halogens is 2. The molecule has 2 aromatic carbocycles. The molecular formula is C27H22F2N6O4S. The number of ether oxygens (including phenoxy) is 1. The van der Waals surface area contributed by atoms with Crippen molar-refractivity contribution < 1.29 is 27.7 Å². The number of hydrogen-bond acceptors (Lipinski definition) is 8. The van der Waals surface area contributed by atoms with Gasteiger partial charge in [-0.25, -0.2) is 8.78 Å². The number of carbonyl (C=O) groups excluding carboxylic acids is 2. The fraction of sp³-hybridized carbons (Fsp3) is 0.222. The van der Waals surface area contributed by atoms with Crippen LogP contribution in [0.1, 0.15) is 18.4 Å². The second-order valence-corrected chi connectivity index (χ2v) is 10.8. The number of anilines is 3. The molecule has 1 saturated carbocycles. The normalized spacial score (nSPS) is 17.1. The number of fused-ring (bicyclic) bond motifs is 3. The summed E-state index contributed by atoms with van der Waals surface area (Å²) in [4.78, 5) is 40.5. The van der Waals surface area contributed by atoms with E-state index >= 15 is 4.39 Å². The summed E-state index contributed by atoms with van der Waals surface area (Å²) in [5, 5.41) is 5.45. The lowest BCUT2D eigenvalue weighted by Crippen LogP contribution is -2.35. The molecule has 1 aromatic heterocycles. The number of hydrogen-bond donors (Lipinski definition) is 2. The van der Waals surface area contributed by atoms with Gasteiger partial charge in [0, 0.05) is 46.9 Å². The van der Waals surface area contributed by atoms with Crippen molar-refractivity contribution in [3.63, 3.8) is 0 Å². The summed E-state index contributed by atoms with van der Waals surface area (Å²) in [6.07, 6.45) is 5.35. The first-order valence-corrected chi connectivity index (χ1v) is 13.9. The van der Waals surface area contributed by atoms with Gasteiger partial charge in [-0.1, -0.05) is 0 Å². The minimum atomic E-state index is -1.35. The van der Waals surface area contributed by atoms with E-state index in [1.165, 1.54) is 48.9 Å². The summed E-state index contributed by atoms with van der Waals surface area (Å²) < 4.78 is 46.0. The van der Waals surface area contributed by atoms with Crippen molar-refractivity contribution in [2.75, 3.05) is 34.9 Å². The van der Waals surface area contributed by atoms with Gasteiger partial charge in [0.25, 0.3) is 0 Å². The van der Waals surface area contributed by atoms with Crippen LogP contribution in [0.5, 0.6) is 5.75 Å². The Morgan fingerprint density at radius 2 is 1.77 bits per heavy atom. The molecule has 3 aliphatic rings. The number of carbonyl (C=O) groups is 2. The highest BCUT2D eigenvalue weighted by Gasteiger charge is 2.56. The summed E-state index contributed by atoms with van der Waals surface area (Å²) in [5.41, 5.74) is -0.137. The van der Waals surface area contributed by atoms with Crippen molar-refractivity contribution >= 4 is 52.1 Å². The minimum absolute atomic E-state index is 0.0929. The van der Waals surface area contributed by atoms with Gasteiger partial charge in [-0.3, -0.25) is 14.6 Å². The first-order chi connectivity index (χ1) is 19.2. The maximum Gasteiger partial charge on any atom is 0.344 e. The fourth-order valence-electron chi connectivity index (χ4n) is 4.46. The average molecular weight is 565 g/mol. The van der Waals surface area contributed by atoms with E-state index in [0.717, 1.165) is 6.07 Å². The molecule has 0 bridgehead atoms. The Labute approximate surface area is 230 Å². The van der Waals surface area contributed by atoms with Gasteiger partial charge in [-0.15, -0.1) is 0 Å². The average Bonchev–Trinajstić information content (AvgIpc) is 3.61. The quantitative estimate of drug-likeness (QED) is 0.255. The molecule has 0 radical (unpaired) electrons. The van der Waals surface area contributed by atoms with Crippen molar-refractivity contribution in [3.8, 4) is 5.75 Å². The first kappa shape index (κ1) is 25.9. The van der Waals surface area contributed by atoms with Crippen molar-refractivity contribution in [3.05, 3.63) is 71.6 Å². The lowest BCUT2D eigenvalue weighted by molar-refractivity contribution is -0.131. The van der Waals surface area contributed by atoms with E-state index in [4.69, 9.17) is 4.74 Å². The van der Waals surface area contributed by atoms with E-state index in [2.05, 4.69) is 25.6 Å². The summed E-state index contributed by atoms with van der Waals surface area (Å²) in [5.74, 6) is -1.02. The predicted molar refractivity (Wildman–Crippen MR) is 144 cm³/mol. The van der Waals surface area contributed by atoms with E-state index in [1.54, 1.807) is 11.0 Å². The third kappa shape index (κ3) is 4.77. The number of nitrogens with one attached hydrogen (secondary N) is 2. The highest BCUT2D eigenvalue weighted by molar-refractivity contribution is 7.90. The third-order valence-corrected chi connectivity index (χ3v) is 7.48. The molecule has 204 valence electrons. The first-order valence-electron chi connectivity index (χ1n) is 12.3. The molecular weight excluding hydrogens is 542 g/mol. The van der Waals surface area contributed by atoms with Gasteiger partial charge >= 0.3 is 5.16 Å². The molecule has 13 heteroatoms. The Kier molecular flexibility index (Phi) is 6.47. The van der Waals surface area contributed by atoms with Crippen LogP contribution in [-0.4, -0.2) is 51.5 Å². The zero-order chi connectivity index (χ0) is 28.0. The van der Waals surface area contributed by atoms with Crippen LogP contribution in [0.4, 0.5) is 26.0 Å². The molecule has 3 aromatic rings. The third-order valence-electron chi connectivity index (χ3n) is 6.77. The van der Waals surface area contributed by atoms with Crippen LogP contribution in [0.3, 0.4) is 0 Å². The van der Waals surface area contributed by atoms with Crippen LogP contribution in [0.2, 0.25) is 0 Å². The fourth-order valence-corrected chi connectivity index (χ4v) is 4.88. The van der Waals surface area contributed by atoms with E-state index in [-0.39, 0.29) is 16.6 Å². The van der Waals surface area contributed by atoms with Gasteiger partial charge in [0.15, 0.2) is 23.2 Å². The molecule has 6 rings (SSSR count). The van der Waals surface area contributed by atoms with Crippen molar-refractivity contribution in [1.82, 2.24) is 9.97 Å². The number of aliphatic imine (C=N–C) groups is 1. The number of aromatic nitrogens is 2. The Hall–Kier alpha value is -4.36. The summed E-state index contributed by atoms with van der Waals surface area (Å²) in [6.45, 7) is 1.01. The Bertz CT molecular complexity index is 1590. The molecule has 1 unspecified atom stereocenters. The van der Waals surface area contributed by atoms with Crippen molar-refractivity contribution in [1.29, 1.82) is 0 Å². The standard InChI is InChI=1S/C27H22F2N6O4S/c1-40(38)26-31-14-15-12-21(23-30-10-11-35(23)22(15)34-26)39-20-7-6-18(13-19(20)29)33-25(37)27(8-9-27)24(36)32-17-4-2-16(28)3-5-17/h2-7,12-14H,8-11H2,1H3,(H,32,36)(H,33,37). The zero-order valence-corrected chi connectivity index (χ0v) is 21.9. The van der Waals surface area contributed by atoms with Gasteiger partial charge in [-0.05, 0) is 55.3 Å². The Morgan fingerprint density at radius 3 is 2.45 bits per heavy atom. The van der Waals surface area contributed by atoms with Crippen LogP contribution in [0.15, 0.2) is 64.6 Å². The molecule has 0 spiro atoms. The van der Waals surface area contributed by atoms with Crippen molar-refractivity contribution in [2.24, 2.45) is 10.4 Å². The second-order valence-electron chi connectivity index (χ2n) is 9.50. The van der Waals surface area contributed by atoms with Gasteiger partial charge < -0.3 is 24.8 Å². The Balaban J connectivity index is 1.16. The van der Waals surface area contributed by atoms with E-state index in [1.807, 2.05) is 0 Å². The minimum Gasteiger partial charge on any atom is -0.609 e. The molecule has 0 saturated heterocycles. The van der Waals surface area contributed by atoms with Crippen LogP contribution < -0.4 is 20.3 Å². The van der Waals surface area contributed by atoms with Crippen LogP contribution in [0, 0.1) is 17.0 Å². The summed E-state index contributed by atoms with van der Waals surface area (Å²) >= 11 is -1.35. The van der Waals surface area contributed by atoms with Gasteiger partial charge in [0.2, 0.25) is 11.8 Å². The molecule has 3 heterocycles. The zero-order valence-electron chi connectivity index (χ0n) is 21.1. The molecule has 2 N–H and O–H groups in total. The van der Waals surface area contributed by atoms with Crippen LogP contribution in [0.25, 0.3) is 6.08 Å². The van der Waals surface area contributed by atoms with Crippen LogP contribution >= 0.6 is 0 Å². The number of rotatable bonds is 7. The SMILES string of the molecule is C[S+]([O-])c1ncc2c(n1)N1CCN=C1C(Oc1ccc(NC(=O)C3(C(=O)Nc4ccc(F)cc4)CC3)cc1F)=C2.